The highest BCUT2D eigenvalue weighted by Crippen LogP contribution is 2.31. The van der Waals surface area contributed by atoms with Gasteiger partial charge in [-0.3, -0.25) is 0 Å². The van der Waals surface area contributed by atoms with E-state index in [0.717, 1.165) is 18.4 Å². The van der Waals surface area contributed by atoms with Gasteiger partial charge in [0.15, 0.2) is 0 Å². The summed E-state index contributed by atoms with van der Waals surface area (Å²) in [5.74, 6) is 0.484. The maximum absolute atomic E-state index is 13.3. The van der Waals surface area contributed by atoms with Crippen LogP contribution in [-0.2, 0) is 26.6 Å². The van der Waals surface area contributed by atoms with Gasteiger partial charge in [-0.15, -0.1) is 22.7 Å². The van der Waals surface area contributed by atoms with Crippen LogP contribution < -0.4 is 10.6 Å². The molecule has 4 rings (SSSR count). The van der Waals surface area contributed by atoms with E-state index in [2.05, 4.69) is 79.9 Å². The predicted octanol–water partition coefficient (Wildman–Crippen LogP) is 9.08. The number of thiophene rings is 2. The second-order valence-electron chi connectivity index (χ2n) is 17.0. The van der Waals surface area contributed by atoms with Crippen LogP contribution in [0.5, 0.6) is 0 Å². The fourth-order valence-electron chi connectivity index (χ4n) is 6.40. The van der Waals surface area contributed by atoms with Crippen molar-refractivity contribution in [1.29, 1.82) is 0 Å². The molecule has 2 atom stereocenters. The summed E-state index contributed by atoms with van der Waals surface area (Å²) in [7, 11) is -6.97. The van der Waals surface area contributed by atoms with E-state index < -0.39 is 20.0 Å². The van der Waals surface area contributed by atoms with Crippen LogP contribution in [0, 0.1) is 16.7 Å². The summed E-state index contributed by atoms with van der Waals surface area (Å²) in [6, 6.07) is 17.5. The molecule has 0 amide bonds. The first kappa shape index (κ1) is 44.8. The van der Waals surface area contributed by atoms with Gasteiger partial charge in [-0.2, -0.15) is 8.61 Å². The Labute approximate surface area is 324 Å². The molecule has 2 heterocycles. The van der Waals surface area contributed by atoms with E-state index in [1.807, 2.05) is 41.8 Å². The average molecular weight is 795 g/mol. The highest BCUT2D eigenvalue weighted by Gasteiger charge is 2.35. The minimum atomic E-state index is -3.54. The Kier molecular flexibility index (Phi) is 17.0. The Balaban J connectivity index is 0.000000280. The molecule has 8 nitrogen and oxygen atoms in total. The number of sulfonamides is 2. The fraction of sp³-hybridized carbons (Fsp3) is 0.650. The number of hydrogen-bond acceptors (Lipinski definition) is 8. The molecule has 0 bridgehead atoms. The molecule has 1 aromatic carbocycles. The van der Waals surface area contributed by atoms with Crippen molar-refractivity contribution >= 4 is 42.7 Å². The third kappa shape index (κ3) is 13.9. The van der Waals surface area contributed by atoms with Crippen LogP contribution in [0.1, 0.15) is 107 Å². The summed E-state index contributed by atoms with van der Waals surface area (Å²) in [5, 5.41) is 10.8. The molecule has 1 saturated carbocycles. The molecule has 294 valence electrons. The van der Waals surface area contributed by atoms with Gasteiger partial charge in [0.05, 0.1) is 0 Å². The molecule has 1 aliphatic carbocycles. The van der Waals surface area contributed by atoms with E-state index in [0.29, 0.717) is 46.6 Å². The SMILES string of the molecule is CC(C)N[C@H](CN(CC1CCCCC1)S(=O)(=O)c1cccs1)C(C)(C)C.CC(C)N[C@H](CN(Cc1ccccc1)S(=O)(=O)c1cccs1)C(C)(C)C. The Bertz CT molecular complexity index is 1640. The van der Waals surface area contributed by atoms with Gasteiger partial charge in [0.1, 0.15) is 8.42 Å². The maximum atomic E-state index is 13.3. The smallest absolute Gasteiger partial charge is 0.252 e. The van der Waals surface area contributed by atoms with E-state index in [4.69, 9.17) is 0 Å². The van der Waals surface area contributed by atoms with Crippen LogP contribution in [0.3, 0.4) is 0 Å². The van der Waals surface area contributed by atoms with E-state index in [-0.39, 0.29) is 29.0 Å². The van der Waals surface area contributed by atoms with Crippen molar-refractivity contribution in [1.82, 2.24) is 19.2 Å². The lowest BCUT2D eigenvalue weighted by Crippen LogP contribution is -2.52. The zero-order chi connectivity index (χ0) is 38.7. The number of rotatable bonds is 16. The topological polar surface area (TPSA) is 98.8 Å². The zero-order valence-corrected chi connectivity index (χ0v) is 36.5. The molecule has 1 aliphatic rings. The van der Waals surface area contributed by atoms with Gasteiger partial charge in [-0.1, -0.05) is 131 Å². The minimum absolute atomic E-state index is 0.0138. The monoisotopic (exact) mass is 794 g/mol. The van der Waals surface area contributed by atoms with Crippen molar-refractivity contribution in [3.63, 3.8) is 0 Å². The van der Waals surface area contributed by atoms with Crippen LogP contribution >= 0.6 is 22.7 Å². The summed E-state index contributed by atoms with van der Waals surface area (Å²) < 4.78 is 57.4. The second-order valence-corrected chi connectivity index (χ2v) is 23.2. The van der Waals surface area contributed by atoms with Gasteiger partial charge < -0.3 is 10.6 Å². The largest absolute Gasteiger partial charge is 0.310 e. The molecule has 1 fully saturated rings. The Morgan fingerprint density at radius 2 is 1.10 bits per heavy atom. The molecule has 0 aliphatic heterocycles. The van der Waals surface area contributed by atoms with Gasteiger partial charge in [0, 0.05) is 50.3 Å². The first-order valence-electron chi connectivity index (χ1n) is 18.8. The summed E-state index contributed by atoms with van der Waals surface area (Å²) >= 11 is 2.59. The summed E-state index contributed by atoms with van der Waals surface area (Å²) in [5.41, 5.74) is 0.911. The number of nitrogens with zero attached hydrogens (tertiary/aromatic N) is 2. The number of hydrogen-bond donors (Lipinski definition) is 2. The molecule has 0 unspecified atom stereocenters. The number of nitrogens with one attached hydrogen (secondary N) is 2. The van der Waals surface area contributed by atoms with Crippen molar-refractivity contribution < 1.29 is 16.8 Å². The Morgan fingerprint density at radius 3 is 1.50 bits per heavy atom. The lowest BCUT2D eigenvalue weighted by atomic mass is 9.85. The Hall–Kier alpha value is -1.64. The molecular weight excluding hydrogens is 729 g/mol. The molecule has 2 aromatic heterocycles. The predicted molar refractivity (Wildman–Crippen MR) is 221 cm³/mol. The first-order valence-corrected chi connectivity index (χ1v) is 23.5. The van der Waals surface area contributed by atoms with E-state index in [1.165, 1.54) is 41.9 Å². The zero-order valence-electron chi connectivity index (χ0n) is 33.3. The van der Waals surface area contributed by atoms with Crippen molar-refractivity contribution in [3.8, 4) is 0 Å². The molecule has 52 heavy (non-hydrogen) atoms. The normalized spacial score (nSPS) is 16.3. The van der Waals surface area contributed by atoms with E-state index in [9.17, 15) is 16.8 Å². The third-order valence-corrected chi connectivity index (χ3v) is 15.9. The second kappa shape index (κ2) is 19.8. The molecule has 3 aromatic rings. The van der Waals surface area contributed by atoms with Crippen molar-refractivity contribution in [2.75, 3.05) is 19.6 Å². The maximum Gasteiger partial charge on any atom is 0.252 e. The van der Waals surface area contributed by atoms with Crippen molar-refractivity contribution in [3.05, 3.63) is 70.9 Å². The summed E-state index contributed by atoms with van der Waals surface area (Å²) in [6.07, 6.45) is 6.03. The standard InChI is InChI=1S/C20H36N2O2S2.C20H30N2O2S2/c2*1-16(2)21-18(20(3,4)5)15-22(14-17-10-7-6-8-11-17)26(23,24)19-12-9-13-25-19/h9,12-13,16-18,21H,6-8,10-11,14-15H2,1-5H3;6-13,16,18,21H,14-15H2,1-5H3/t2*18-/m11/s1. The number of benzene rings is 1. The van der Waals surface area contributed by atoms with Crippen molar-refractivity contribution in [2.24, 2.45) is 16.7 Å². The van der Waals surface area contributed by atoms with Crippen LogP contribution in [0.25, 0.3) is 0 Å². The van der Waals surface area contributed by atoms with Crippen LogP contribution in [0.15, 0.2) is 73.8 Å². The highest BCUT2D eigenvalue weighted by atomic mass is 32.3. The lowest BCUT2D eigenvalue weighted by Gasteiger charge is -2.38. The summed E-state index contributed by atoms with van der Waals surface area (Å²) in [6.45, 7) is 23.4. The van der Waals surface area contributed by atoms with Gasteiger partial charge in [-0.05, 0) is 58.0 Å². The molecule has 12 heteroatoms. The average Bonchev–Trinajstić information content (AvgIpc) is 3.80. The molecular formula is C40H66N4O4S4. The van der Waals surface area contributed by atoms with Crippen molar-refractivity contribution in [2.45, 2.75) is 140 Å². The van der Waals surface area contributed by atoms with Gasteiger partial charge in [0.2, 0.25) is 0 Å². The van der Waals surface area contributed by atoms with Gasteiger partial charge in [0.25, 0.3) is 20.0 Å². The van der Waals surface area contributed by atoms with Gasteiger partial charge >= 0.3 is 0 Å². The van der Waals surface area contributed by atoms with E-state index in [1.54, 1.807) is 32.2 Å². The molecule has 0 spiro atoms. The van der Waals surface area contributed by atoms with E-state index >= 15 is 0 Å². The molecule has 2 N–H and O–H groups in total. The molecule has 0 saturated heterocycles. The van der Waals surface area contributed by atoms with Crippen LogP contribution in [-0.4, -0.2) is 69.2 Å². The Morgan fingerprint density at radius 1 is 0.654 bits per heavy atom. The first-order chi connectivity index (χ1) is 24.2. The van der Waals surface area contributed by atoms with Gasteiger partial charge in [-0.25, -0.2) is 16.8 Å². The fourth-order valence-corrected chi connectivity index (χ4v) is 11.7. The minimum Gasteiger partial charge on any atom is -0.310 e. The highest BCUT2D eigenvalue weighted by molar-refractivity contribution is 7.91. The lowest BCUT2D eigenvalue weighted by molar-refractivity contribution is 0.193. The third-order valence-electron chi connectivity index (χ3n) is 9.50. The summed E-state index contributed by atoms with van der Waals surface area (Å²) in [4.78, 5) is 0. The van der Waals surface area contributed by atoms with Crippen LogP contribution in [0.2, 0.25) is 0 Å². The quantitative estimate of drug-likeness (QED) is 0.150. The van der Waals surface area contributed by atoms with Crippen LogP contribution in [0.4, 0.5) is 0 Å². The molecule has 0 radical (unpaired) electrons.